The van der Waals surface area contributed by atoms with Gasteiger partial charge in [-0.3, -0.25) is 0 Å². The van der Waals surface area contributed by atoms with Gasteiger partial charge in [-0.15, -0.1) is 0 Å². The standard InChI is InChI=1S/C14H13ClFNO2/c1-18-11-6-9(5-10(17)7-11)8-19-14-12(15)3-2-4-13(14)16/h2-7H,8,17H2,1H3. The van der Waals surface area contributed by atoms with Crippen molar-refractivity contribution in [3.63, 3.8) is 0 Å². The Hall–Kier alpha value is -1.94. The minimum atomic E-state index is -0.497. The van der Waals surface area contributed by atoms with E-state index in [4.69, 9.17) is 26.8 Å². The molecule has 0 radical (unpaired) electrons. The molecule has 0 fully saturated rings. The summed E-state index contributed by atoms with van der Waals surface area (Å²) in [7, 11) is 1.55. The van der Waals surface area contributed by atoms with E-state index >= 15 is 0 Å². The lowest BCUT2D eigenvalue weighted by Gasteiger charge is -2.10. The second-order valence-corrected chi connectivity index (χ2v) is 4.36. The average Bonchev–Trinajstić information content (AvgIpc) is 2.37. The molecule has 0 aliphatic carbocycles. The number of halogens is 2. The summed E-state index contributed by atoms with van der Waals surface area (Å²) in [5.74, 6) is 0.159. The van der Waals surface area contributed by atoms with E-state index < -0.39 is 5.82 Å². The van der Waals surface area contributed by atoms with E-state index in [1.54, 1.807) is 31.4 Å². The summed E-state index contributed by atoms with van der Waals surface area (Å²) >= 11 is 5.87. The molecular formula is C14H13ClFNO2. The molecule has 0 amide bonds. The zero-order valence-electron chi connectivity index (χ0n) is 10.3. The highest BCUT2D eigenvalue weighted by molar-refractivity contribution is 6.32. The van der Waals surface area contributed by atoms with Crippen molar-refractivity contribution in [3.8, 4) is 11.5 Å². The Balaban J connectivity index is 2.16. The Morgan fingerprint density at radius 3 is 2.74 bits per heavy atom. The first-order valence-electron chi connectivity index (χ1n) is 5.60. The molecule has 2 aromatic carbocycles. The van der Waals surface area contributed by atoms with Crippen LogP contribution in [0.2, 0.25) is 5.02 Å². The Morgan fingerprint density at radius 1 is 1.26 bits per heavy atom. The van der Waals surface area contributed by atoms with Crippen LogP contribution in [0.3, 0.4) is 0 Å². The van der Waals surface area contributed by atoms with E-state index in [1.165, 1.54) is 12.1 Å². The van der Waals surface area contributed by atoms with Gasteiger partial charge in [0.25, 0.3) is 0 Å². The van der Waals surface area contributed by atoms with Gasteiger partial charge in [0.15, 0.2) is 11.6 Å². The molecule has 0 bridgehead atoms. The van der Waals surface area contributed by atoms with E-state index in [0.717, 1.165) is 5.56 Å². The minimum Gasteiger partial charge on any atom is -0.497 e. The third kappa shape index (κ3) is 3.29. The van der Waals surface area contributed by atoms with Gasteiger partial charge >= 0.3 is 0 Å². The number of hydrogen-bond acceptors (Lipinski definition) is 3. The van der Waals surface area contributed by atoms with Crippen molar-refractivity contribution >= 4 is 17.3 Å². The van der Waals surface area contributed by atoms with Crippen LogP contribution in [0.25, 0.3) is 0 Å². The monoisotopic (exact) mass is 281 g/mol. The van der Waals surface area contributed by atoms with Gasteiger partial charge < -0.3 is 15.2 Å². The predicted molar refractivity (Wildman–Crippen MR) is 73.1 cm³/mol. The summed E-state index contributed by atoms with van der Waals surface area (Å²) in [5.41, 5.74) is 7.06. The maximum atomic E-state index is 13.5. The van der Waals surface area contributed by atoms with Crippen LogP contribution in [0, 0.1) is 5.82 Å². The first kappa shape index (κ1) is 13.5. The van der Waals surface area contributed by atoms with E-state index in [0.29, 0.717) is 11.4 Å². The number of nitrogens with two attached hydrogens (primary N) is 1. The van der Waals surface area contributed by atoms with E-state index in [2.05, 4.69) is 0 Å². The van der Waals surface area contributed by atoms with Gasteiger partial charge in [0, 0.05) is 11.8 Å². The minimum absolute atomic E-state index is 0.0329. The molecule has 100 valence electrons. The molecule has 5 heteroatoms. The highest BCUT2D eigenvalue weighted by Crippen LogP contribution is 2.28. The number of ether oxygens (including phenoxy) is 2. The van der Waals surface area contributed by atoms with Gasteiger partial charge in [0.05, 0.1) is 12.1 Å². The van der Waals surface area contributed by atoms with E-state index in [1.807, 2.05) is 0 Å². The lowest BCUT2D eigenvalue weighted by atomic mass is 10.2. The molecule has 19 heavy (non-hydrogen) atoms. The van der Waals surface area contributed by atoms with Gasteiger partial charge in [0.1, 0.15) is 12.4 Å². The predicted octanol–water partition coefficient (Wildman–Crippen LogP) is 3.65. The molecule has 0 atom stereocenters. The quantitative estimate of drug-likeness (QED) is 0.870. The smallest absolute Gasteiger partial charge is 0.174 e. The van der Waals surface area contributed by atoms with Crippen molar-refractivity contribution in [1.29, 1.82) is 0 Å². The molecule has 2 aromatic rings. The fourth-order valence-electron chi connectivity index (χ4n) is 1.66. The highest BCUT2D eigenvalue weighted by Gasteiger charge is 2.09. The number of anilines is 1. The highest BCUT2D eigenvalue weighted by atomic mass is 35.5. The van der Waals surface area contributed by atoms with E-state index in [-0.39, 0.29) is 17.4 Å². The maximum absolute atomic E-state index is 13.5. The lowest BCUT2D eigenvalue weighted by Crippen LogP contribution is -2.00. The molecule has 0 heterocycles. The summed E-state index contributed by atoms with van der Waals surface area (Å²) in [5, 5.41) is 0.232. The Morgan fingerprint density at radius 2 is 2.05 bits per heavy atom. The van der Waals surface area contributed by atoms with Gasteiger partial charge in [-0.05, 0) is 29.8 Å². The second-order valence-electron chi connectivity index (χ2n) is 3.95. The Bertz CT molecular complexity index is 569. The number of nitrogen functional groups attached to an aromatic ring is 1. The maximum Gasteiger partial charge on any atom is 0.174 e. The molecular weight excluding hydrogens is 269 g/mol. The summed E-state index contributed by atoms with van der Waals surface area (Å²) in [6.45, 7) is 0.155. The largest absolute Gasteiger partial charge is 0.497 e. The molecule has 0 aromatic heterocycles. The second kappa shape index (κ2) is 5.80. The third-order valence-electron chi connectivity index (χ3n) is 2.53. The summed E-state index contributed by atoms with van der Waals surface area (Å²) in [6.07, 6.45) is 0. The van der Waals surface area contributed by atoms with Crippen LogP contribution in [0.1, 0.15) is 5.56 Å². The van der Waals surface area contributed by atoms with Crippen LogP contribution in [-0.4, -0.2) is 7.11 Å². The van der Waals surface area contributed by atoms with Crippen molar-refractivity contribution in [2.75, 3.05) is 12.8 Å². The van der Waals surface area contributed by atoms with Crippen LogP contribution in [0.4, 0.5) is 10.1 Å². The van der Waals surface area contributed by atoms with Crippen LogP contribution in [0.5, 0.6) is 11.5 Å². The molecule has 0 unspecified atom stereocenters. The number of hydrogen-bond donors (Lipinski definition) is 1. The Labute approximate surface area is 115 Å². The van der Waals surface area contributed by atoms with E-state index in [9.17, 15) is 4.39 Å². The van der Waals surface area contributed by atoms with Crippen molar-refractivity contribution < 1.29 is 13.9 Å². The van der Waals surface area contributed by atoms with Gasteiger partial charge in [-0.1, -0.05) is 17.7 Å². The zero-order valence-corrected chi connectivity index (χ0v) is 11.1. The number of rotatable bonds is 4. The molecule has 0 aliphatic rings. The average molecular weight is 282 g/mol. The number of methoxy groups -OCH3 is 1. The number of benzene rings is 2. The fraction of sp³-hybridized carbons (Fsp3) is 0.143. The number of para-hydroxylation sites is 1. The lowest BCUT2D eigenvalue weighted by molar-refractivity contribution is 0.290. The van der Waals surface area contributed by atoms with Crippen LogP contribution < -0.4 is 15.2 Å². The van der Waals surface area contributed by atoms with Gasteiger partial charge in [-0.2, -0.15) is 0 Å². The first-order chi connectivity index (χ1) is 9.10. The molecule has 0 saturated heterocycles. The van der Waals surface area contributed by atoms with Crippen LogP contribution >= 0.6 is 11.6 Å². The SMILES string of the molecule is COc1cc(N)cc(COc2c(F)cccc2Cl)c1. The fourth-order valence-corrected chi connectivity index (χ4v) is 1.88. The summed E-state index contributed by atoms with van der Waals surface area (Å²) < 4.78 is 24.0. The summed E-state index contributed by atoms with van der Waals surface area (Å²) in [4.78, 5) is 0. The van der Waals surface area contributed by atoms with Crippen LogP contribution in [0.15, 0.2) is 36.4 Å². The first-order valence-corrected chi connectivity index (χ1v) is 5.98. The molecule has 3 nitrogen and oxygen atoms in total. The van der Waals surface area contributed by atoms with Crippen molar-refractivity contribution in [3.05, 3.63) is 52.8 Å². The van der Waals surface area contributed by atoms with Crippen molar-refractivity contribution in [2.45, 2.75) is 6.61 Å². The van der Waals surface area contributed by atoms with Crippen molar-refractivity contribution in [2.24, 2.45) is 0 Å². The van der Waals surface area contributed by atoms with Crippen molar-refractivity contribution in [1.82, 2.24) is 0 Å². The molecule has 0 spiro atoms. The third-order valence-corrected chi connectivity index (χ3v) is 2.82. The van der Waals surface area contributed by atoms with Gasteiger partial charge in [-0.25, -0.2) is 4.39 Å². The normalized spacial score (nSPS) is 10.3. The molecule has 0 aliphatic heterocycles. The topological polar surface area (TPSA) is 44.5 Å². The Kier molecular flexibility index (Phi) is 4.12. The zero-order chi connectivity index (χ0) is 13.8. The van der Waals surface area contributed by atoms with Crippen LogP contribution in [-0.2, 0) is 6.61 Å². The molecule has 2 rings (SSSR count). The summed E-state index contributed by atoms with van der Waals surface area (Å²) in [6, 6.07) is 9.58. The van der Waals surface area contributed by atoms with Gasteiger partial charge in [0.2, 0.25) is 0 Å². The molecule has 2 N–H and O–H groups in total. The molecule has 0 saturated carbocycles.